The number of hydrogen-bond acceptors (Lipinski definition) is 5. The van der Waals surface area contributed by atoms with Crippen LogP contribution in [0.25, 0.3) is 0 Å². The zero-order chi connectivity index (χ0) is 19.4. The maximum atomic E-state index is 12.8. The summed E-state index contributed by atoms with van der Waals surface area (Å²) in [5, 5.41) is 7.12. The van der Waals surface area contributed by atoms with Crippen molar-refractivity contribution in [1.29, 1.82) is 0 Å². The molecule has 1 fully saturated rings. The first-order valence-corrected chi connectivity index (χ1v) is 9.31. The van der Waals surface area contributed by atoms with Gasteiger partial charge in [0.15, 0.2) is 5.82 Å². The Labute approximate surface area is 159 Å². The molecule has 8 heteroatoms. The molecule has 0 saturated carbocycles. The summed E-state index contributed by atoms with van der Waals surface area (Å²) in [6.07, 6.45) is 4.34. The Balaban J connectivity index is 1.76. The Bertz CT molecular complexity index is 789. The quantitative estimate of drug-likeness (QED) is 0.880. The van der Waals surface area contributed by atoms with E-state index in [2.05, 4.69) is 20.2 Å². The highest BCUT2D eigenvalue weighted by molar-refractivity contribution is 5.80. The number of carbonyl (C=O) groups is 2. The summed E-state index contributed by atoms with van der Waals surface area (Å²) in [5.41, 5.74) is 0.892. The standard InChI is InChI=1S/C19H26N6O2/c1-13(2)19(27)25-10-9-24(17(26)11-15-5-4-7-20-12-15)8-6-16(25)18-21-14(3)22-23-18/h4-5,7,12-13,16H,6,8-11H2,1-3H3,(H,21,22,23). The fourth-order valence-electron chi connectivity index (χ4n) is 3.34. The van der Waals surface area contributed by atoms with Crippen LogP contribution >= 0.6 is 0 Å². The summed E-state index contributed by atoms with van der Waals surface area (Å²) in [6, 6.07) is 3.51. The molecule has 3 rings (SSSR count). The van der Waals surface area contributed by atoms with E-state index >= 15 is 0 Å². The third-order valence-corrected chi connectivity index (χ3v) is 4.78. The van der Waals surface area contributed by atoms with Crippen molar-refractivity contribution in [3.8, 4) is 0 Å². The van der Waals surface area contributed by atoms with E-state index in [9.17, 15) is 9.59 Å². The number of aromatic amines is 1. The van der Waals surface area contributed by atoms with E-state index in [1.165, 1.54) is 0 Å². The van der Waals surface area contributed by atoms with Crippen LogP contribution in [0.15, 0.2) is 24.5 Å². The van der Waals surface area contributed by atoms with Crippen LogP contribution in [0.1, 0.15) is 43.5 Å². The number of pyridine rings is 1. The van der Waals surface area contributed by atoms with Crippen LogP contribution in [0.4, 0.5) is 0 Å². The van der Waals surface area contributed by atoms with Crippen molar-refractivity contribution < 1.29 is 9.59 Å². The minimum Gasteiger partial charge on any atom is -0.341 e. The lowest BCUT2D eigenvalue weighted by Gasteiger charge is -2.29. The summed E-state index contributed by atoms with van der Waals surface area (Å²) >= 11 is 0. The van der Waals surface area contributed by atoms with Gasteiger partial charge in [0.05, 0.1) is 12.5 Å². The van der Waals surface area contributed by atoms with Gasteiger partial charge in [-0.1, -0.05) is 19.9 Å². The van der Waals surface area contributed by atoms with Gasteiger partial charge in [0.2, 0.25) is 11.8 Å². The number of nitrogens with zero attached hydrogens (tertiary/aromatic N) is 5. The average molecular weight is 370 g/mol. The number of H-pyrrole nitrogens is 1. The zero-order valence-corrected chi connectivity index (χ0v) is 16.1. The highest BCUT2D eigenvalue weighted by Crippen LogP contribution is 2.26. The summed E-state index contributed by atoms with van der Waals surface area (Å²) in [6.45, 7) is 7.17. The molecule has 1 N–H and O–H groups in total. The molecule has 2 aromatic rings. The smallest absolute Gasteiger partial charge is 0.227 e. The Hall–Kier alpha value is -2.77. The summed E-state index contributed by atoms with van der Waals surface area (Å²) in [7, 11) is 0. The van der Waals surface area contributed by atoms with Gasteiger partial charge < -0.3 is 9.80 Å². The van der Waals surface area contributed by atoms with E-state index in [1.54, 1.807) is 12.4 Å². The predicted molar refractivity (Wildman–Crippen MR) is 99.5 cm³/mol. The third-order valence-electron chi connectivity index (χ3n) is 4.78. The van der Waals surface area contributed by atoms with Crippen molar-refractivity contribution in [1.82, 2.24) is 30.0 Å². The van der Waals surface area contributed by atoms with E-state index in [4.69, 9.17) is 0 Å². The predicted octanol–water partition coefficient (Wildman–Crippen LogP) is 1.51. The molecule has 0 radical (unpaired) electrons. The molecule has 1 aliphatic heterocycles. The molecule has 27 heavy (non-hydrogen) atoms. The highest BCUT2D eigenvalue weighted by atomic mass is 16.2. The maximum Gasteiger partial charge on any atom is 0.227 e. The Kier molecular flexibility index (Phi) is 5.83. The monoisotopic (exact) mass is 370 g/mol. The first-order chi connectivity index (χ1) is 13.0. The van der Waals surface area contributed by atoms with Gasteiger partial charge in [0.1, 0.15) is 5.82 Å². The Morgan fingerprint density at radius 3 is 2.74 bits per heavy atom. The SMILES string of the molecule is Cc1nc(C2CCN(C(=O)Cc3cccnc3)CCN2C(=O)C(C)C)n[nH]1. The first kappa shape index (κ1) is 19.0. The molecule has 1 aliphatic rings. The normalized spacial score (nSPS) is 17.9. The Morgan fingerprint density at radius 1 is 1.30 bits per heavy atom. The molecule has 0 bridgehead atoms. The molecule has 0 aliphatic carbocycles. The number of hydrogen-bond donors (Lipinski definition) is 1. The molecular weight excluding hydrogens is 344 g/mol. The van der Waals surface area contributed by atoms with Crippen LogP contribution in [0.2, 0.25) is 0 Å². The van der Waals surface area contributed by atoms with E-state index in [-0.39, 0.29) is 23.8 Å². The van der Waals surface area contributed by atoms with E-state index in [1.807, 2.05) is 42.7 Å². The average Bonchev–Trinajstić information content (AvgIpc) is 2.96. The number of aromatic nitrogens is 4. The van der Waals surface area contributed by atoms with Crippen LogP contribution < -0.4 is 0 Å². The molecule has 144 valence electrons. The van der Waals surface area contributed by atoms with Crippen molar-refractivity contribution in [3.63, 3.8) is 0 Å². The second-order valence-electron chi connectivity index (χ2n) is 7.19. The number of carbonyl (C=O) groups excluding carboxylic acids is 2. The van der Waals surface area contributed by atoms with Crippen molar-refractivity contribution in [3.05, 3.63) is 41.7 Å². The number of rotatable bonds is 4. The summed E-state index contributed by atoms with van der Waals surface area (Å²) in [5.74, 6) is 1.32. The second-order valence-corrected chi connectivity index (χ2v) is 7.19. The van der Waals surface area contributed by atoms with Gasteiger partial charge >= 0.3 is 0 Å². The molecule has 0 spiro atoms. The number of amides is 2. The summed E-state index contributed by atoms with van der Waals surface area (Å²) in [4.78, 5) is 37.6. The largest absolute Gasteiger partial charge is 0.341 e. The van der Waals surface area contributed by atoms with Gasteiger partial charge in [-0.05, 0) is 25.0 Å². The molecular formula is C19H26N6O2. The fourth-order valence-corrected chi connectivity index (χ4v) is 3.34. The number of aryl methyl sites for hydroxylation is 1. The van der Waals surface area contributed by atoms with Crippen LogP contribution in [-0.2, 0) is 16.0 Å². The van der Waals surface area contributed by atoms with E-state index in [0.717, 1.165) is 11.4 Å². The van der Waals surface area contributed by atoms with Crippen LogP contribution in [0, 0.1) is 12.8 Å². The first-order valence-electron chi connectivity index (χ1n) is 9.31. The molecule has 1 atom stereocenters. The van der Waals surface area contributed by atoms with Crippen molar-refractivity contribution in [2.24, 2.45) is 5.92 Å². The summed E-state index contributed by atoms with van der Waals surface area (Å²) < 4.78 is 0. The third kappa shape index (κ3) is 4.50. The molecule has 2 aromatic heterocycles. The Morgan fingerprint density at radius 2 is 2.11 bits per heavy atom. The van der Waals surface area contributed by atoms with Crippen molar-refractivity contribution in [2.45, 2.75) is 39.7 Å². The van der Waals surface area contributed by atoms with E-state index < -0.39 is 0 Å². The molecule has 8 nitrogen and oxygen atoms in total. The van der Waals surface area contributed by atoms with Crippen LogP contribution in [-0.4, -0.2) is 61.4 Å². The lowest BCUT2D eigenvalue weighted by Crippen LogP contribution is -2.40. The second kappa shape index (κ2) is 8.28. The van der Waals surface area contributed by atoms with E-state index in [0.29, 0.717) is 38.3 Å². The molecule has 3 heterocycles. The number of nitrogens with one attached hydrogen (secondary N) is 1. The van der Waals surface area contributed by atoms with Gasteiger partial charge in [-0.3, -0.25) is 19.7 Å². The van der Waals surface area contributed by atoms with Gasteiger partial charge in [-0.2, -0.15) is 5.10 Å². The topological polar surface area (TPSA) is 95.1 Å². The molecule has 1 unspecified atom stereocenters. The molecule has 2 amide bonds. The van der Waals surface area contributed by atoms with Gasteiger partial charge in [-0.15, -0.1) is 0 Å². The minimum absolute atomic E-state index is 0.0479. The lowest BCUT2D eigenvalue weighted by molar-refractivity contribution is -0.137. The van der Waals surface area contributed by atoms with Crippen LogP contribution in [0.5, 0.6) is 0 Å². The van der Waals surface area contributed by atoms with Crippen LogP contribution in [0.3, 0.4) is 0 Å². The van der Waals surface area contributed by atoms with Gasteiger partial charge in [-0.25, -0.2) is 4.98 Å². The van der Waals surface area contributed by atoms with Crippen molar-refractivity contribution >= 4 is 11.8 Å². The zero-order valence-electron chi connectivity index (χ0n) is 16.1. The highest BCUT2D eigenvalue weighted by Gasteiger charge is 2.33. The van der Waals surface area contributed by atoms with Gasteiger partial charge in [0, 0.05) is 37.9 Å². The van der Waals surface area contributed by atoms with Crippen molar-refractivity contribution in [2.75, 3.05) is 19.6 Å². The minimum atomic E-state index is -0.221. The maximum absolute atomic E-state index is 12.8. The van der Waals surface area contributed by atoms with Gasteiger partial charge in [0.25, 0.3) is 0 Å². The lowest BCUT2D eigenvalue weighted by atomic mass is 10.1. The fraction of sp³-hybridized carbons (Fsp3) is 0.526. The molecule has 0 aromatic carbocycles. The molecule has 1 saturated heterocycles.